The van der Waals surface area contributed by atoms with E-state index >= 15 is 0 Å². The minimum absolute atomic E-state index is 0.0417. The predicted octanol–water partition coefficient (Wildman–Crippen LogP) is 2.64. The van der Waals surface area contributed by atoms with E-state index in [9.17, 15) is 18.0 Å². The second-order valence-electron chi connectivity index (χ2n) is 6.57. The zero-order valence-corrected chi connectivity index (χ0v) is 17.5. The molecule has 28 heavy (non-hydrogen) atoms. The summed E-state index contributed by atoms with van der Waals surface area (Å²) in [6, 6.07) is 5.84. The number of carbonyl (C=O) groups excluding carboxylic acids is 2. The Labute approximate surface area is 164 Å². The van der Waals surface area contributed by atoms with Crippen LogP contribution in [-0.4, -0.2) is 44.8 Å². The fourth-order valence-electron chi connectivity index (χ4n) is 2.56. The number of hydrogen-bond acceptors (Lipinski definition) is 6. The van der Waals surface area contributed by atoms with Crippen LogP contribution in [0.5, 0.6) is 0 Å². The van der Waals surface area contributed by atoms with Crippen molar-refractivity contribution in [3.05, 3.63) is 46.9 Å². The van der Waals surface area contributed by atoms with Gasteiger partial charge in [0.25, 0.3) is 5.91 Å². The van der Waals surface area contributed by atoms with Gasteiger partial charge in [0.1, 0.15) is 17.1 Å². The Kier molecular flexibility index (Phi) is 6.30. The highest BCUT2D eigenvalue weighted by Gasteiger charge is 2.25. The highest BCUT2D eigenvalue weighted by molar-refractivity contribution is 7.89. The first-order valence-electron chi connectivity index (χ1n) is 8.56. The van der Waals surface area contributed by atoms with E-state index in [1.54, 1.807) is 26.8 Å². The highest BCUT2D eigenvalue weighted by atomic mass is 32.2. The normalized spacial score (nSPS) is 12.7. The third-order valence-corrected chi connectivity index (χ3v) is 6.11. The fraction of sp³-hybridized carbons (Fsp3) is 0.368. The summed E-state index contributed by atoms with van der Waals surface area (Å²) in [6.45, 7) is 6.57. The molecule has 0 saturated heterocycles. The van der Waals surface area contributed by atoms with E-state index in [1.807, 2.05) is 0 Å². The Hall–Kier alpha value is -2.65. The second kappa shape index (κ2) is 8.15. The van der Waals surface area contributed by atoms with Crippen LogP contribution in [-0.2, 0) is 19.6 Å². The Balaban J connectivity index is 2.12. The molecule has 0 spiro atoms. The van der Waals surface area contributed by atoms with Crippen molar-refractivity contribution in [2.75, 3.05) is 19.4 Å². The van der Waals surface area contributed by atoms with Gasteiger partial charge in [-0.3, -0.25) is 4.79 Å². The first-order chi connectivity index (χ1) is 12.9. The number of aryl methyl sites for hydroxylation is 2. The number of carbonyl (C=O) groups is 2. The first-order valence-corrected chi connectivity index (χ1v) is 10.00. The standard InChI is InChI=1S/C19H24N2O6S/c1-11-12(2)26-13(3)17(11)19(23)27-14(4)18(22)20-15-8-7-9-16(10-15)28(24,25)21(5)6/h7-10,14H,1-6H3,(H,20,22)/t14-/m1/s1. The first kappa shape index (κ1) is 21.6. The van der Waals surface area contributed by atoms with Gasteiger partial charge >= 0.3 is 5.97 Å². The number of amides is 1. The SMILES string of the molecule is Cc1oc(C)c(C(=O)O[C@H](C)C(=O)Nc2cccc(S(=O)(=O)N(C)C)c2)c1C. The van der Waals surface area contributed by atoms with Gasteiger partial charge < -0.3 is 14.5 Å². The molecule has 152 valence electrons. The minimum Gasteiger partial charge on any atom is -0.465 e. The summed E-state index contributed by atoms with van der Waals surface area (Å²) in [5, 5.41) is 2.56. The van der Waals surface area contributed by atoms with Crippen molar-refractivity contribution in [2.45, 2.75) is 38.7 Å². The number of ether oxygens (including phenoxy) is 1. The Morgan fingerprint density at radius 3 is 2.32 bits per heavy atom. The summed E-state index contributed by atoms with van der Waals surface area (Å²) in [5.74, 6) is -0.198. The van der Waals surface area contributed by atoms with Crippen LogP contribution in [0.15, 0.2) is 33.6 Å². The molecule has 2 aromatic rings. The number of benzene rings is 1. The monoisotopic (exact) mass is 408 g/mol. The van der Waals surface area contributed by atoms with Crippen molar-refractivity contribution in [1.82, 2.24) is 4.31 Å². The lowest BCUT2D eigenvalue weighted by atomic mass is 10.1. The van der Waals surface area contributed by atoms with Crippen LogP contribution in [0.3, 0.4) is 0 Å². The number of furan rings is 1. The number of anilines is 1. The van der Waals surface area contributed by atoms with Crippen molar-refractivity contribution in [1.29, 1.82) is 0 Å². The van der Waals surface area contributed by atoms with Gasteiger partial charge in [-0.2, -0.15) is 0 Å². The van der Waals surface area contributed by atoms with E-state index in [4.69, 9.17) is 9.15 Å². The fourth-order valence-corrected chi connectivity index (χ4v) is 3.50. The smallest absolute Gasteiger partial charge is 0.342 e. The predicted molar refractivity (Wildman–Crippen MR) is 104 cm³/mol. The summed E-state index contributed by atoms with van der Waals surface area (Å²) in [5.41, 5.74) is 1.25. The van der Waals surface area contributed by atoms with Gasteiger partial charge in [0.05, 0.1) is 4.90 Å². The third kappa shape index (κ3) is 4.42. The molecule has 1 heterocycles. The molecule has 0 radical (unpaired) electrons. The summed E-state index contributed by atoms with van der Waals surface area (Å²) in [4.78, 5) is 24.8. The molecule has 8 nitrogen and oxygen atoms in total. The van der Waals surface area contributed by atoms with Crippen molar-refractivity contribution in [3.8, 4) is 0 Å². The Morgan fingerprint density at radius 1 is 1.14 bits per heavy atom. The number of hydrogen-bond donors (Lipinski definition) is 1. The van der Waals surface area contributed by atoms with Crippen molar-refractivity contribution in [2.24, 2.45) is 0 Å². The van der Waals surface area contributed by atoms with E-state index in [0.717, 1.165) is 4.31 Å². The lowest BCUT2D eigenvalue weighted by Crippen LogP contribution is -2.30. The van der Waals surface area contributed by atoms with Crippen LogP contribution >= 0.6 is 0 Å². The molecule has 0 aliphatic carbocycles. The van der Waals surface area contributed by atoms with E-state index < -0.39 is 28.0 Å². The largest absolute Gasteiger partial charge is 0.465 e. The summed E-state index contributed by atoms with van der Waals surface area (Å²) in [6.07, 6.45) is -1.09. The number of rotatable bonds is 6. The molecule has 1 N–H and O–H groups in total. The molecule has 0 fully saturated rings. The molecule has 0 unspecified atom stereocenters. The molecule has 1 atom stereocenters. The quantitative estimate of drug-likeness (QED) is 0.737. The Morgan fingerprint density at radius 2 is 1.79 bits per heavy atom. The number of sulfonamides is 1. The van der Waals surface area contributed by atoms with Gasteiger partial charge in [0.15, 0.2) is 6.10 Å². The van der Waals surface area contributed by atoms with Crippen LogP contribution in [0.4, 0.5) is 5.69 Å². The maximum Gasteiger partial charge on any atom is 0.342 e. The maximum atomic E-state index is 12.4. The van der Waals surface area contributed by atoms with E-state index in [0.29, 0.717) is 22.6 Å². The lowest BCUT2D eigenvalue weighted by Gasteiger charge is -2.15. The Bertz CT molecular complexity index is 1010. The molecular weight excluding hydrogens is 384 g/mol. The van der Waals surface area contributed by atoms with E-state index in [2.05, 4.69) is 5.32 Å². The molecule has 9 heteroatoms. The van der Waals surface area contributed by atoms with E-state index in [-0.39, 0.29) is 10.6 Å². The average molecular weight is 408 g/mol. The summed E-state index contributed by atoms with van der Waals surface area (Å²) >= 11 is 0. The van der Waals surface area contributed by atoms with Crippen LogP contribution in [0.25, 0.3) is 0 Å². The highest BCUT2D eigenvalue weighted by Crippen LogP contribution is 2.22. The van der Waals surface area contributed by atoms with Gasteiger partial charge in [-0.05, 0) is 45.9 Å². The van der Waals surface area contributed by atoms with Gasteiger partial charge in [0, 0.05) is 25.3 Å². The zero-order chi connectivity index (χ0) is 21.2. The number of esters is 1. The number of nitrogens with one attached hydrogen (secondary N) is 1. The van der Waals surface area contributed by atoms with Crippen LogP contribution < -0.4 is 5.32 Å². The molecule has 1 aromatic heterocycles. The summed E-state index contributed by atoms with van der Waals surface area (Å²) in [7, 11) is -0.791. The summed E-state index contributed by atoms with van der Waals surface area (Å²) < 4.78 is 36.1. The second-order valence-corrected chi connectivity index (χ2v) is 8.72. The maximum absolute atomic E-state index is 12.4. The average Bonchev–Trinajstić information content (AvgIpc) is 2.86. The van der Waals surface area contributed by atoms with Gasteiger partial charge in [-0.1, -0.05) is 6.07 Å². The molecule has 0 aliphatic heterocycles. The van der Waals surface area contributed by atoms with Gasteiger partial charge in [0.2, 0.25) is 10.0 Å². The molecule has 0 aliphatic rings. The van der Waals surface area contributed by atoms with Crippen LogP contribution in [0, 0.1) is 20.8 Å². The molecule has 0 bridgehead atoms. The molecule has 0 saturated carbocycles. The zero-order valence-electron chi connectivity index (χ0n) is 16.7. The van der Waals surface area contributed by atoms with Crippen molar-refractivity contribution >= 4 is 27.6 Å². The minimum atomic E-state index is -3.63. The van der Waals surface area contributed by atoms with Gasteiger partial charge in [-0.15, -0.1) is 0 Å². The van der Waals surface area contributed by atoms with Gasteiger partial charge in [-0.25, -0.2) is 17.5 Å². The van der Waals surface area contributed by atoms with Crippen LogP contribution in [0.2, 0.25) is 0 Å². The van der Waals surface area contributed by atoms with Crippen molar-refractivity contribution in [3.63, 3.8) is 0 Å². The molecular formula is C19H24N2O6S. The molecule has 2 rings (SSSR count). The van der Waals surface area contributed by atoms with Crippen LogP contribution in [0.1, 0.15) is 34.4 Å². The molecule has 1 aromatic carbocycles. The lowest BCUT2D eigenvalue weighted by molar-refractivity contribution is -0.123. The topological polar surface area (TPSA) is 106 Å². The molecule has 1 amide bonds. The van der Waals surface area contributed by atoms with Crippen molar-refractivity contribution < 1.29 is 27.2 Å². The van der Waals surface area contributed by atoms with E-state index in [1.165, 1.54) is 39.2 Å². The third-order valence-electron chi connectivity index (χ3n) is 4.30. The number of nitrogens with zero attached hydrogens (tertiary/aromatic N) is 1.